The molecule has 0 aromatic heterocycles. The summed E-state index contributed by atoms with van der Waals surface area (Å²) in [5.74, 6) is -0.722. The van der Waals surface area contributed by atoms with Gasteiger partial charge in [-0.05, 0) is 37.6 Å². The van der Waals surface area contributed by atoms with E-state index >= 15 is 0 Å². The third-order valence-electron chi connectivity index (χ3n) is 3.97. The molecule has 0 spiro atoms. The predicted octanol–water partition coefficient (Wildman–Crippen LogP) is 2.27. The maximum atomic E-state index is 12.7. The molecule has 1 fully saturated rings. The summed E-state index contributed by atoms with van der Waals surface area (Å²) in [5, 5.41) is 11.2. The van der Waals surface area contributed by atoms with Gasteiger partial charge < -0.3 is 19.9 Å². The van der Waals surface area contributed by atoms with Crippen LogP contribution in [0.3, 0.4) is 0 Å². The molecule has 1 aliphatic heterocycles. The van der Waals surface area contributed by atoms with Crippen molar-refractivity contribution in [1.82, 2.24) is 10.2 Å². The molecule has 0 bridgehead atoms. The van der Waals surface area contributed by atoms with Crippen molar-refractivity contribution in [2.24, 2.45) is 0 Å². The highest BCUT2D eigenvalue weighted by Gasteiger charge is 2.32. The summed E-state index contributed by atoms with van der Waals surface area (Å²) in [7, 11) is 1.54. The van der Waals surface area contributed by atoms with Crippen molar-refractivity contribution < 1.29 is 29.0 Å². The van der Waals surface area contributed by atoms with Crippen molar-refractivity contribution in [3.05, 3.63) is 28.7 Å². The predicted molar refractivity (Wildman–Crippen MR) is 114 cm³/mol. The van der Waals surface area contributed by atoms with Crippen LogP contribution in [-0.2, 0) is 14.4 Å². The van der Waals surface area contributed by atoms with E-state index in [2.05, 4.69) is 5.32 Å². The number of rotatable bonds is 9. The van der Waals surface area contributed by atoms with Gasteiger partial charge in [-0.15, -0.1) is 0 Å². The van der Waals surface area contributed by atoms with Gasteiger partial charge in [-0.3, -0.25) is 19.3 Å². The van der Waals surface area contributed by atoms with Crippen LogP contribution in [-0.4, -0.2) is 58.4 Å². The molecular formula is C19H22N2O6S2. The molecule has 2 amide bonds. The number of thioether (sulfide) groups is 1. The minimum absolute atomic E-state index is 0.0474. The van der Waals surface area contributed by atoms with Crippen LogP contribution >= 0.6 is 24.0 Å². The van der Waals surface area contributed by atoms with Gasteiger partial charge in [-0.1, -0.05) is 30.0 Å². The second kappa shape index (κ2) is 10.3. The largest absolute Gasteiger partial charge is 0.493 e. The van der Waals surface area contributed by atoms with E-state index in [0.717, 1.165) is 17.3 Å². The van der Waals surface area contributed by atoms with Gasteiger partial charge in [0.1, 0.15) is 10.4 Å². The summed E-state index contributed by atoms with van der Waals surface area (Å²) in [5.41, 5.74) is 0.749. The summed E-state index contributed by atoms with van der Waals surface area (Å²) >= 11 is 6.40. The molecule has 8 nitrogen and oxygen atoms in total. The molecule has 1 atom stereocenters. The average molecular weight is 439 g/mol. The van der Waals surface area contributed by atoms with Crippen LogP contribution in [0.5, 0.6) is 11.5 Å². The molecule has 1 saturated heterocycles. The second-order valence-electron chi connectivity index (χ2n) is 6.05. The summed E-state index contributed by atoms with van der Waals surface area (Å²) in [6, 6.07) is 4.34. The number of carbonyl (C=O) groups is 3. The van der Waals surface area contributed by atoms with Gasteiger partial charge in [0.05, 0.1) is 18.6 Å². The van der Waals surface area contributed by atoms with Gasteiger partial charge in [0.2, 0.25) is 5.91 Å². The van der Waals surface area contributed by atoms with Crippen LogP contribution in [0.1, 0.15) is 25.8 Å². The monoisotopic (exact) mass is 438 g/mol. The van der Waals surface area contributed by atoms with Crippen molar-refractivity contribution in [1.29, 1.82) is 0 Å². The van der Waals surface area contributed by atoms with Gasteiger partial charge in [0.25, 0.3) is 5.91 Å². The van der Waals surface area contributed by atoms with Crippen molar-refractivity contribution >= 4 is 52.2 Å². The fourth-order valence-electron chi connectivity index (χ4n) is 2.48. The van der Waals surface area contributed by atoms with Crippen LogP contribution in [0.4, 0.5) is 0 Å². The maximum Gasteiger partial charge on any atom is 0.325 e. The Bertz CT molecular complexity index is 855. The molecule has 156 valence electrons. The van der Waals surface area contributed by atoms with E-state index in [-0.39, 0.29) is 18.9 Å². The lowest BCUT2D eigenvalue weighted by Crippen LogP contribution is -2.40. The highest BCUT2D eigenvalue weighted by Crippen LogP contribution is 2.34. The standard InChI is InChI=1S/C19H22N2O6S2/c1-4-27-13-6-5-12(9-14(13)26-3)10-15-17(23)21(19(28)29-15)8-7-16(22)20-11(2)18(24)25/h5-6,9-11H,4,7-8H2,1-3H3,(H,20,22)(H,24,25)/b15-10+. The number of benzene rings is 1. The number of nitrogens with one attached hydrogen (secondary N) is 1. The van der Waals surface area contributed by atoms with Crippen LogP contribution < -0.4 is 14.8 Å². The molecule has 1 heterocycles. The van der Waals surface area contributed by atoms with Crippen LogP contribution in [0, 0.1) is 0 Å². The van der Waals surface area contributed by atoms with Gasteiger partial charge >= 0.3 is 5.97 Å². The smallest absolute Gasteiger partial charge is 0.325 e. The van der Waals surface area contributed by atoms with E-state index in [9.17, 15) is 14.4 Å². The Morgan fingerprint density at radius 3 is 2.72 bits per heavy atom. The lowest BCUT2D eigenvalue weighted by atomic mass is 10.2. The first-order chi connectivity index (χ1) is 13.8. The Labute approximate surface area is 178 Å². The van der Waals surface area contributed by atoms with Crippen molar-refractivity contribution in [3.8, 4) is 11.5 Å². The first kappa shape index (κ1) is 22.7. The third-order valence-corrected chi connectivity index (χ3v) is 5.35. The number of carbonyl (C=O) groups excluding carboxylic acids is 2. The zero-order valence-electron chi connectivity index (χ0n) is 16.3. The van der Waals surface area contributed by atoms with E-state index < -0.39 is 17.9 Å². The Morgan fingerprint density at radius 1 is 1.38 bits per heavy atom. The molecule has 1 aromatic rings. The van der Waals surface area contributed by atoms with Gasteiger partial charge in [0.15, 0.2) is 11.5 Å². The van der Waals surface area contributed by atoms with E-state index in [1.165, 1.54) is 18.9 Å². The van der Waals surface area contributed by atoms with E-state index in [4.69, 9.17) is 26.8 Å². The second-order valence-corrected chi connectivity index (χ2v) is 7.73. The van der Waals surface area contributed by atoms with E-state index in [1.54, 1.807) is 24.3 Å². The van der Waals surface area contributed by atoms with Gasteiger partial charge in [-0.25, -0.2) is 0 Å². The molecule has 1 unspecified atom stereocenters. The zero-order chi connectivity index (χ0) is 21.6. The Balaban J connectivity index is 2.06. The first-order valence-electron chi connectivity index (χ1n) is 8.85. The summed E-state index contributed by atoms with van der Waals surface area (Å²) in [4.78, 5) is 37.1. The number of ether oxygens (including phenoxy) is 2. The molecule has 0 radical (unpaired) electrons. The number of hydrogen-bond donors (Lipinski definition) is 2. The molecule has 0 saturated carbocycles. The number of amides is 2. The SMILES string of the molecule is CCOc1ccc(/C=C2/SC(=S)N(CCC(=O)NC(C)C(=O)O)C2=O)cc1OC. The minimum Gasteiger partial charge on any atom is -0.493 e. The summed E-state index contributed by atoms with van der Waals surface area (Å²) < 4.78 is 11.1. The fourth-order valence-corrected chi connectivity index (χ4v) is 3.79. The number of thiocarbonyl (C=S) groups is 1. The summed E-state index contributed by atoms with van der Waals surface area (Å²) in [6.07, 6.45) is 1.65. The highest BCUT2D eigenvalue weighted by molar-refractivity contribution is 8.26. The number of carboxylic acid groups (broad SMARTS) is 1. The molecule has 0 aliphatic carbocycles. The Morgan fingerprint density at radius 2 is 2.10 bits per heavy atom. The average Bonchev–Trinajstić information content (AvgIpc) is 2.94. The number of nitrogens with zero attached hydrogens (tertiary/aromatic N) is 1. The van der Waals surface area contributed by atoms with Crippen LogP contribution in [0.25, 0.3) is 6.08 Å². The Kier molecular flexibility index (Phi) is 8.03. The fraction of sp³-hybridized carbons (Fsp3) is 0.368. The van der Waals surface area contributed by atoms with Crippen molar-refractivity contribution in [3.63, 3.8) is 0 Å². The third kappa shape index (κ3) is 5.94. The number of hydrogen-bond acceptors (Lipinski definition) is 7. The van der Waals surface area contributed by atoms with Crippen LogP contribution in [0.2, 0.25) is 0 Å². The van der Waals surface area contributed by atoms with Gasteiger partial charge in [-0.2, -0.15) is 0 Å². The summed E-state index contributed by atoms with van der Waals surface area (Å²) in [6.45, 7) is 3.83. The lowest BCUT2D eigenvalue weighted by Gasteiger charge is -2.15. The number of aliphatic carboxylic acids is 1. The number of carboxylic acids is 1. The lowest BCUT2D eigenvalue weighted by molar-refractivity contribution is -0.141. The first-order valence-corrected chi connectivity index (χ1v) is 10.1. The quantitative estimate of drug-likeness (QED) is 0.447. The molecule has 1 aliphatic rings. The van der Waals surface area contributed by atoms with Crippen molar-refractivity contribution in [2.45, 2.75) is 26.3 Å². The highest BCUT2D eigenvalue weighted by atomic mass is 32.2. The minimum atomic E-state index is -1.13. The molecule has 2 rings (SSSR count). The molecular weight excluding hydrogens is 416 g/mol. The molecule has 29 heavy (non-hydrogen) atoms. The topological polar surface area (TPSA) is 105 Å². The van der Waals surface area contributed by atoms with Gasteiger partial charge in [0, 0.05) is 13.0 Å². The van der Waals surface area contributed by atoms with Crippen molar-refractivity contribution in [2.75, 3.05) is 20.3 Å². The molecule has 10 heteroatoms. The molecule has 1 aromatic carbocycles. The maximum absolute atomic E-state index is 12.7. The molecule has 2 N–H and O–H groups in total. The number of methoxy groups -OCH3 is 1. The zero-order valence-corrected chi connectivity index (χ0v) is 17.9. The van der Waals surface area contributed by atoms with E-state index in [0.29, 0.717) is 27.3 Å². The normalized spacial score (nSPS) is 16.1. The Hall–Kier alpha value is -2.59. The van der Waals surface area contributed by atoms with Crippen LogP contribution in [0.15, 0.2) is 23.1 Å². The van der Waals surface area contributed by atoms with E-state index in [1.807, 2.05) is 6.92 Å².